The highest BCUT2D eigenvalue weighted by Crippen LogP contribution is 2.10. The standard InChI is InChI=1S/C19H20N4O2/c24-18(20-13-7-12-15-8-3-1-4-9-15)21-19-23-22-17(25-19)14-16-10-5-2-6-11-16/h1-6,8-11H,7,12-14H2,(H2,20,21,23,24). The van der Waals surface area contributed by atoms with Gasteiger partial charge in [0.15, 0.2) is 0 Å². The summed E-state index contributed by atoms with van der Waals surface area (Å²) in [5.41, 5.74) is 2.33. The van der Waals surface area contributed by atoms with Crippen LogP contribution in [0.1, 0.15) is 23.4 Å². The lowest BCUT2D eigenvalue weighted by molar-refractivity contribution is 0.251. The van der Waals surface area contributed by atoms with Crippen LogP contribution in [0.3, 0.4) is 0 Å². The molecule has 2 amide bonds. The molecule has 25 heavy (non-hydrogen) atoms. The molecule has 2 aromatic carbocycles. The number of aryl methyl sites for hydroxylation is 1. The topological polar surface area (TPSA) is 80.0 Å². The molecule has 3 aromatic rings. The minimum absolute atomic E-state index is 0.103. The number of nitrogens with one attached hydrogen (secondary N) is 2. The van der Waals surface area contributed by atoms with Crippen molar-refractivity contribution in [1.82, 2.24) is 15.5 Å². The predicted molar refractivity (Wildman–Crippen MR) is 95.3 cm³/mol. The molecule has 6 heteroatoms. The smallest absolute Gasteiger partial charge is 0.323 e. The number of carbonyl (C=O) groups is 1. The largest absolute Gasteiger partial charge is 0.407 e. The molecule has 0 unspecified atom stereocenters. The second-order valence-electron chi connectivity index (χ2n) is 5.63. The molecule has 0 bridgehead atoms. The van der Waals surface area contributed by atoms with Gasteiger partial charge >= 0.3 is 12.0 Å². The van der Waals surface area contributed by atoms with Crippen molar-refractivity contribution in [1.29, 1.82) is 0 Å². The van der Waals surface area contributed by atoms with Crippen molar-refractivity contribution >= 4 is 12.0 Å². The molecule has 0 aliphatic rings. The summed E-state index contributed by atoms with van der Waals surface area (Å²) in [6.45, 7) is 0.575. The minimum atomic E-state index is -0.344. The van der Waals surface area contributed by atoms with Gasteiger partial charge in [-0.15, -0.1) is 5.10 Å². The van der Waals surface area contributed by atoms with E-state index in [1.54, 1.807) is 0 Å². The van der Waals surface area contributed by atoms with Crippen molar-refractivity contribution in [2.45, 2.75) is 19.3 Å². The van der Waals surface area contributed by atoms with E-state index in [-0.39, 0.29) is 12.0 Å². The monoisotopic (exact) mass is 336 g/mol. The summed E-state index contributed by atoms with van der Waals surface area (Å²) in [6.07, 6.45) is 2.32. The first kappa shape index (κ1) is 16.7. The van der Waals surface area contributed by atoms with Gasteiger partial charge in [-0.25, -0.2) is 4.79 Å². The van der Waals surface area contributed by atoms with Crippen molar-refractivity contribution in [3.8, 4) is 0 Å². The molecule has 0 spiro atoms. The van der Waals surface area contributed by atoms with Gasteiger partial charge in [0.1, 0.15) is 0 Å². The van der Waals surface area contributed by atoms with Gasteiger partial charge in [0.25, 0.3) is 0 Å². The Morgan fingerprint density at radius 3 is 2.32 bits per heavy atom. The zero-order chi connectivity index (χ0) is 17.3. The van der Waals surface area contributed by atoms with Crippen LogP contribution in [-0.2, 0) is 12.8 Å². The lowest BCUT2D eigenvalue weighted by Gasteiger charge is -2.04. The van der Waals surface area contributed by atoms with Crippen LogP contribution in [-0.4, -0.2) is 22.8 Å². The van der Waals surface area contributed by atoms with Gasteiger partial charge in [0, 0.05) is 6.54 Å². The van der Waals surface area contributed by atoms with Gasteiger partial charge < -0.3 is 9.73 Å². The second kappa shape index (κ2) is 8.63. The minimum Gasteiger partial charge on any atom is -0.407 e. The lowest BCUT2D eigenvalue weighted by Crippen LogP contribution is -2.29. The van der Waals surface area contributed by atoms with Crippen LogP contribution in [0.2, 0.25) is 0 Å². The number of hydrogen-bond donors (Lipinski definition) is 2. The first-order chi connectivity index (χ1) is 12.3. The number of amides is 2. The summed E-state index contributed by atoms with van der Waals surface area (Å²) < 4.78 is 5.44. The Bertz CT molecular complexity index is 787. The van der Waals surface area contributed by atoms with Crippen LogP contribution in [0, 0.1) is 0 Å². The molecule has 3 rings (SSSR count). The molecule has 0 aliphatic carbocycles. The van der Waals surface area contributed by atoms with Gasteiger partial charge in [-0.2, -0.15) is 0 Å². The van der Waals surface area contributed by atoms with Crippen LogP contribution in [0.25, 0.3) is 0 Å². The SMILES string of the molecule is O=C(NCCCc1ccccc1)Nc1nnc(Cc2ccccc2)o1. The van der Waals surface area contributed by atoms with Gasteiger partial charge in [-0.05, 0) is 24.0 Å². The Morgan fingerprint density at radius 2 is 1.60 bits per heavy atom. The van der Waals surface area contributed by atoms with E-state index >= 15 is 0 Å². The van der Waals surface area contributed by atoms with E-state index in [4.69, 9.17) is 4.42 Å². The Labute approximate surface area is 146 Å². The van der Waals surface area contributed by atoms with Crippen LogP contribution >= 0.6 is 0 Å². The summed E-state index contributed by atoms with van der Waals surface area (Å²) in [7, 11) is 0. The van der Waals surface area contributed by atoms with Gasteiger partial charge in [-0.3, -0.25) is 5.32 Å². The average Bonchev–Trinajstić information content (AvgIpc) is 3.07. The Kier molecular flexibility index (Phi) is 5.77. The van der Waals surface area contributed by atoms with Crippen LogP contribution in [0.15, 0.2) is 65.1 Å². The molecule has 0 atom stereocenters. The quantitative estimate of drug-likeness (QED) is 0.648. The van der Waals surface area contributed by atoms with E-state index in [2.05, 4.69) is 33.0 Å². The summed E-state index contributed by atoms with van der Waals surface area (Å²) in [5.74, 6) is 0.463. The number of rotatable bonds is 7. The Balaban J connectivity index is 1.39. The van der Waals surface area contributed by atoms with Gasteiger partial charge in [-0.1, -0.05) is 65.8 Å². The highest BCUT2D eigenvalue weighted by molar-refractivity contribution is 5.86. The molecule has 0 saturated carbocycles. The van der Waals surface area contributed by atoms with Crippen LogP contribution in [0.4, 0.5) is 10.8 Å². The molecule has 0 saturated heterocycles. The van der Waals surface area contributed by atoms with Gasteiger partial charge in [0.05, 0.1) is 6.42 Å². The van der Waals surface area contributed by atoms with Crippen LogP contribution < -0.4 is 10.6 Å². The Morgan fingerprint density at radius 1 is 0.920 bits per heavy atom. The molecular weight excluding hydrogens is 316 g/mol. The predicted octanol–water partition coefficient (Wildman–Crippen LogP) is 3.41. The summed E-state index contributed by atoms with van der Waals surface area (Å²) in [4.78, 5) is 11.8. The van der Waals surface area contributed by atoms with Crippen molar-refractivity contribution in [3.63, 3.8) is 0 Å². The summed E-state index contributed by atoms with van der Waals surface area (Å²) in [5, 5.41) is 13.1. The highest BCUT2D eigenvalue weighted by atomic mass is 16.4. The highest BCUT2D eigenvalue weighted by Gasteiger charge is 2.09. The van der Waals surface area contributed by atoms with E-state index in [0.717, 1.165) is 18.4 Å². The van der Waals surface area contributed by atoms with E-state index in [1.165, 1.54) is 5.56 Å². The molecule has 1 aromatic heterocycles. The zero-order valence-corrected chi connectivity index (χ0v) is 13.8. The average molecular weight is 336 g/mol. The molecule has 0 fully saturated rings. The van der Waals surface area contributed by atoms with Crippen molar-refractivity contribution < 1.29 is 9.21 Å². The molecule has 2 N–H and O–H groups in total. The first-order valence-corrected chi connectivity index (χ1v) is 8.25. The van der Waals surface area contributed by atoms with Crippen molar-refractivity contribution in [2.75, 3.05) is 11.9 Å². The third-order valence-corrected chi connectivity index (χ3v) is 3.66. The maximum Gasteiger partial charge on any atom is 0.323 e. The zero-order valence-electron chi connectivity index (χ0n) is 13.8. The summed E-state index contributed by atoms with van der Waals surface area (Å²) in [6, 6.07) is 19.7. The third-order valence-electron chi connectivity index (χ3n) is 3.66. The number of anilines is 1. The molecule has 128 valence electrons. The van der Waals surface area contributed by atoms with Crippen molar-refractivity contribution in [2.24, 2.45) is 0 Å². The number of urea groups is 1. The van der Waals surface area contributed by atoms with E-state index in [0.29, 0.717) is 18.9 Å². The fraction of sp³-hybridized carbons (Fsp3) is 0.211. The lowest BCUT2D eigenvalue weighted by atomic mass is 10.1. The maximum absolute atomic E-state index is 11.8. The van der Waals surface area contributed by atoms with Crippen molar-refractivity contribution in [3.05, 3.63) is 77.7 Å². The molecule has 0 radical (unpaired) electrons. The van der Waals surface area contributed by atoms with E-state index < -0.39 is 0 Å². The fourth-order valence-corrected chi connectivity index (χ4v) is 2.43. The molecule has 1 heterocycles. The van der Waals surface area contributed by atoms with E-state index in [9.17, 15) is 4.79 Å². The number of benzene rings is 2. The number of hydrogen-bond acceptors (Lipinski definition) is 4. The fourth-order valence-electron chi connectivity index (χ4n) is 2.43. The van der Waals surface area contributed by atoms with E-state index in [1.807, 2.05) is 48.5 Å². The van der Waals surface area contributed by atoms with Gasteiger partial charge in [0.2, 0.25) is 5.89 Å². The third kappa shape index (κ3) is 5.46. The summed E-state index contributed by atoms with van der Waals surface area (Å²) >= 11 is 0. The molecule has 6 nitrogen and oxygen atoms in total. The first-order valence-electron chi connectivity index (χ1n) is 8.25. The Hall–Kier alpha value is -3.15. The van der Waals surface area contributed by atoms with Crippen LogP contribution in [0.5, 0.6) is 0 Å². The maximum atomic E-state index is 11.8. The number of carbonyl (C=O) groups excluding carboxylic acids is 1. The number of aromatic nitrogens is 2. The second-order valence-corrected chi connectivity index (χ2v) is 5.63. The normalized spacial score (nSPS) is 10.4. The number of nitrogens with zero attached hydrogens (tertiary/aromatic N) is 2. The molecular formula is C19H20N4O2. The molecule has 0 aliphatic heterocycles.